The number of nitrogens with zero attached hydrogens (tertiary/aromatic N) is 3. The summed E-state index contributed by atoms with van der Waals surface area (Å²) >= 11 is 5.43. The second-order valence-corrected chi connectivity index (χ2v) is 8.80. The van der Waals surface area contributed by atoms with Crippen molar-refractivity contribution in [3.63, 3.8) is 0 Å². The molecular weight excluding hydrogens is 420 g/mol. The average molecular weight is 449 g/mol. The Labute approximate surface area is 186 Å². The van der Waals surface area contributed by atoms with Gasteiger partial charge in [0.25, 0.3) is 0 Å². The van der Waals surface area contributed by atoms with Crippen LogP contribution in [0.1, 0.15) is 32.1 Å². The van der Waals surface area contributed by atoms with Crippen LogP contribution < -0.4 is 5.32 Å². The highest BCUT2D eigenvalue weighted by Crippen LogP contribution is 2.25. The second kappa shape index (κ2) is 11.4. The van der Waals surface area contributed by atoms with Gasteiger partial charge in [-0.05, 0) is 25.0 Å². The molecule has 2 aromatic rings. The molecular formula is C21H28N4O3S2. The number of carbonyl (C=O) groups excluding carboxylic acids is 3. The van der Waals surface area contributed by atoms with Crippen molar-refractivity contribution in [2.45, 2.75) is 32.1 Å². The van der Waals surface area contributed by atoms with Crippen molar-refractivity contribution in [1.82, 2.24) is 14.8 Å². The number of thiol groups is 1. The lowest BCUT2D eigenvalue weighted by Crippen LogP contribution is -2.50. The molecule has 0 radical (unpaired) electrons. The first-order valence-corrected chi connectivity index (χ1v) is 11.8. The Kier molecular flexibility index (Phi) is 8.65. The number of unbranched alkanes of at least 4 members (excludes halogenated alkanes) is 2. The molecule has 1 fully saturated rings. The number of ketones is 1. The zero-order chi connectivity index (χ0) is 21.3. The van der Waals surface area contributed by atoms with Crippen molar-refractivity contribution in [3.8, 4) is 0 Å². The Hall–Kier alpha value is -1.97. The van der Waals surface area contributed by atoms with Gasteiger partial charge in [0.15, 0.2) is 5.13 Å². The van der Waals surface area contributed by atoms with E-state index in [-0.39, 0.29) is 17.6 Å². The molecule has 2 amide bonds. The predicted octanol–water partition coefficient (Wildman–Crippen LogP) is 2.83. The van der Waals surface area contributed by atoms with Crippen LogP contribution in [0, 0.1) is 0 Å². The van der Waals surface area contributed by atoms with Crippen molar-refractivity contribution >= 4 is 56.9 Å². The van der Waals surface area contributed by atoms with Gasteiger partial charge in [0.05, 0.1) is 16.8 Å². The SMILES string of the molecule is O=C(CS)CCCCCC(=O)N1CCN(CC(=O)Nc2nc3ccccc3s2)CC1. The van der Waals surface area contributed by atoms with Gasteiger partial charge < -0.3 is 10.2 Å². The largest absolute Gasteiger partial charge is 0.340 e. The molecule has 3 rings (SSSR count). The topological polar surface area (TPSA) is 82.6 Å². The Balaban J connectivity index is 1.33. The number of anilines is 1. The summed E-state index contributed by atoms with van der Waals surface area (Å²) in [5.74, 6) is 0.536. The Morgan fingerprint density at radius 1 is 1.03 bits per heavy atom. The minimum Gasteiger partial charge on any atom is -0.340 e. The Morgan fingerprint density at radius 3 is 2.50 bits per heavy atom. The van der Waals surface area contributed by atoms with Gasteiger partial charge in [-0.15, -0.1) is 0 Å². The fourth-order valence-corrected chi connectivity index (χ4v) is 4.50. The molecule has 0 atom stereocenters. The molecule has 7 nitrogen and oxygen atoms in total. The van der Waals surface area contributed by atoms with Crippen LogP contribution in [0.25, 0.3) is 10.2 Å². The van der Waals surface area contributed by atoms with Crippen LogP contribution in [0.4, 0.5) is 5.13 Å². The standard InChI is InChI=1S/C21H28N4O3S2/c26-16(15-29)6-2-1-3-9-20(28)25-12-10-24(11-13-25)14-19(27)23-21-22-17-7-4-5-8-18(17)30-21/h4-5,7-8,29H,1-3,6,9-15H2,(H,22,23,27). The third-order valence-corrected chi connectivity index (χ3v) is 6.46. The lowest BCUT2D eigenvalue weighted by atomic mass is 10.1. The first kappa shape index (κ1) is 22.7. The van der Waals surface area contributed by atoms with Crippen LogP contribution in [-0.2, 0) is 14.4 Å². The Morgan fingerprint density at radius 2 is 1.77 bits per heavy atom. The van der Waals surface area contributed by atoms with Crippen LogP contribution in [0.5, 0.6) is 0 Å². The molecule has 0 spiro atoms. The number of rotatable bonds is 10. The van der Waals surface area contributed by atoms with Gasteiger partial charge in [0.2, 0.25) is 11.8 Å². The monoisotopic (exact) mass is 448 g/mol. The van der Waals surface area contributed by atoms with E-state index in [9.17, 15) is 14.4 Å². The predicted molar refractivity (Wildman–Crippen MR) is 123 cm³/mol. The van der Waals surface area contributed by atoms with E-state index >= 15 is 0 Å². The van der Waals surface area contributed by atoms with Crippen molar-refractivity contribution in [2.24, 2.45) is 0 Å². The molecule has 1 N–H and O–H groups in total. The number of para-hydroxylation sites is 1. The minimum absolute atomic E-state index is 0.0791. The summed E-state index contributed by atoms with van der Waals surface area (Å²) in [6.45, 7) is 2.97. The smallest absolute Gasteiger partial charge is 0.240 e. The normalized spacial score (nSPS) is 14.8. The summed E-state index contributed by atoms with van der Waals surface area (Å²) in [6.07, 6.45) is 3.59. The van der Waals surface area contributed by atoms with E-state index in [1.807, 2.05) is 29.2 Å². The fourth-order valence-electron chi connectivity index (χ4n) is 3.46. The van der Waals surface area contributed by atoms with E-state index < -0.39 is 0 Å². The minimum atomic E-state index is -0.0791. The zero-order valence-corrected chi connectivity index (χ0v) is 18.7. The number of benzene rings is 1. The first-order valence-electron chi connectivity index (χ1n) is 10.3. The molecule has 1 aromatic carbocycles. The zero-order valence-electron chi connectivity index (χ0n) is 17.0. The van der Waals surface area contributed by atoms with Gasteiger partial charge >= 0.3 is 0 Å². The fraction of sp³-hybridized carbons (Fsp3) is 0.524. The maximum absolute atomic E-state index is 12.4. The summed E-state index contributed by atoms with van der Waals surface area (Å²) in [7, 11) is 0. The quantitative estimate of drug-likeness (QED) is 0.431. The molecule has 1 aliphatic rings. The second-order valence-electron chi connectivity index (χ2n) is 7.45. The molecule has 1 aromatic heterocycles. The molecule has 30 heavy (non-hydrogen) atoms. The van der Waals surface area contributed by atoms with Crippen LogP contribution in [0.2, 0.25) is 0 Å². The van der Waals surface area contributed by atoms with Crippen LogP contribution >= 0.6 is 24.0 Å². The van der Waals surface area contributed by atoms with E-state index in [0.717, 1.165) is 29.5 Å². The highest BCUT2D eigenvalue weighted by atomic mass is 32.1. The number of amides is 2. The molecule has 9 heteroatoms. The number of fused-ring (bicyclic) bond motifs is 1. The van der Waals surface area contributed by atoms with E-state index in [0.29, 0.717) is 56.4 Å². The molecule has 0 saturated carbocycles. The van der Waals surface area contributed by atoms with Gasteiger partial charge in [0, 0.05) is 44.8 Å². The average Bonchev–Trinajstić information content (AvgIpc) is 3.15. The number of carbonyl (C=O) groups is 3. The lowest BCUT2D eigenvalue weighted by molar-refractivity contribution is -0.133. The molecule has 0 bridgehead atoms. The number of hydrogen-bond donors (Lipinski definition) is 2. The van der Waals surface area contributed by atoms with Crippen LogP contribution in [-0.4, -0.2) is 70.9 Å². The van der Waals surface area contributed by atoms with Crippen LogP contribution in [0.15, 0.2) is 24.3 Å². The van der Waals surface area contributed by atoms with Crippen molar-refractivity contribution in [1.29, 1.82) is 0 Å². The van der Waals surface area contributed by atoms with E-state index in [1.54, 1.807) is 0 Å². The highest BCUT2D eigenvalue weighted by Gasteiger charge is 2.22. The third kappa shape index (κ3) is 6.78. The van der Waals surface area contributed by atoms with Crippen molar-refractivity contribution < 1.29 is 14.4 Å². The molecule has 0 unspecified atom stereocenters. The van der Waals surface area contributed by atoms with Crippen molar-refractivity contribution in [3.05, 3.63) is 24.3 Å². The molecule has 1 saturated heterocycles. The third-order valence-electron chi connectivity index (χ3n) is 5.16. The van der Waals surface area contributed by atoms with Crippen LogP contribution in [0.3, 0.4) is 0 Å². The number of nitrogens with one attached hydrogen (secondary N) is 1. The molecule has 0 aliphatic carbocycles. The highest BCUT2D eigenvalue weighted by molar-refractivity contribution is 7.81. The number of Topliss-reactive ketones (excluding diaryl/α,β-unsaturated/α-hetero) is 1. The maximum Gasteiger partial charge on any atom is 0.240 e. The number of piperazine rings is 1. The van der Waals surface area contributed by atoms with E-state index in [2.05, 4.69) is 27.8 Å². The number of aromatic nitrogens is 1. The molecule has 2 heterocycles. The summed E-state index contributed by atoms with van der Waals surface area (Å²) < 4.78 is 1.05. The van der Waals surface area contributed by atoms with E-state index in [4.69, 9.17) is 0 Å². The van der Waals surface area contributed by atoms with Gasteiger partial charge in [-0.3, -0.25) is 19.3 Å². The summed E-state index contributed by atoms with van der Waals surface area (Å²) in [4.78, 5) is 44.3. The van der Waals surface area contributed by atoms with E-state index in [1.165, 1.54) is 11.3 Å². The van der Waals surface area contributed by atoms with Gasteiger partial charge in [0.1, 0.15) is 5.78 Å². The van der Waals surface area contributed by atoms with Gasteiger partial charge in [-0.2, -0.15) is 12.6 Å². The van der Waals surface area contributed by atoms with Gasteiger partial charge in [-0.1, -0.05) is 29.9 Å². The maximum atomic E-state index is 12.4. The summed E-state index contributed by atoms with van der Waals surface area (Å²) in [5, 5.41) is 3.50. The Bertz CT molecular complexity index is 845. The molecule has 1 aliphatic heterocycles. The summed E-state index contributed by atoms with van der Waals surface area (Å²) in [5.41, 5.74) is 0.887. The number of hydrogen-bond acceptors (Lipinski definition) is 7. The summed E-state index contributed by atoms with van der Waals surface area (Å²) in [6, 6.07) is 7.80. The first-order chi connectivity index (χ1) is 14.5. The lowest BCUT2D eigenvalue weighted by Gasteiger charge is -2.34. The van der Waals surface area contributed by atoms with Gasteiger partial charge in [-0.25, -0.2) is 4.98 Å². The van der Waals surface area contributed by atoms with Crippen molar-refractivity contribution in [2.75, 3.05) is 43.8 Å². The number of thiazole rings is 1. The molecule has 162 valence electrons.